The summed E-state index contributed by atoms with van der Waals surface area (Å²) < 4.78 is 18.3. The van der Waals surface area contributed by atoms with Gasteiger partial charge >= 0.3 is 17.9 Å². The molecule has 0 amide bonds. The quantitative estimate of drug-likeness (QED) is 0.0360. The minimum absolute atomic E-state index is 0.00743. The molecule has 0 bridgehead atoms. The Kier molecular flexibility index (Phi) is 18.4. The highest BCUT2D eigenvalue weighted by atomic mass is 16.6. The molecule has 9 heteroatoms. The van der Waals surface area contributed by atoms with E-state index in [9.17, 15) is 29.4 Å². The van der Waals surface area contributed by atoms with Crippen LogP contribution in [0.2, 0.25) is 0 Å². The van der Waals surface area contributed by atoms with Crippen molar-refractivity contribution in [3.63, 3.8) is 0 Å². The Morgan fingerprint density at radius 1 is 0.754 bits per heavy atom. The topological polar surface area (TPSA) is 136 Å². The molecule has 4 aliphatic carbocycles. The maximum Gasteiger partial charge on any atom is 0.306 e. The van der Waals surface area contributed by atoms with Gasteiger partial charge in [-0.15, -0.1) is 0 Å². The van der Waals surface area contributed by atoms with Crippen molar-refractivity contribution in [1.82, 2.24) is 0 Å². The van der Waals surface area contributed by atoms with Crippen LogP contribution in [0.1, 0.15) is 189 Å². The normalized spacial score (nSPS) is 31.3. The van der Waals surface area contributed by atoms with Crippen molar-refractivity contribution in [2.24, 2.45) is 35.0 Å². The molecular formula is C48H78O9. The van der Waals surface area contributed by atoms with Crippen LogP contribution in [-0.2, 0) is 33.4 Å². The number of carbonyl (C=O) groups excluding carboxylic acids is 4. The predicted octanol–water partition coefficient (Wildman–Crippen LogP) is 10.1. The fraction of sp³-hybridized carbons (Fsp3) is 0.833. The first-order valence-electron chi connectivity index (χ1n) is 23.1. The summed E-state index contributed by atoms with van der Waals surface area (Å²) in [5, 5.41) is 24.2. The number of fused-ring (bicyclic) bond motifs is 5. The summed E-state index contributed by atoms with van der Waals surface area (Å²) in [7, 11) is 0. The van der Waals surface area contributed by atoms with Crippen molar-refractivity contribution in [2.75, 3.05) is 13.2 Å². The van der Waals surface area contributed by atoms with E-state index in [0.29, 0.717) is 24.8 Å². The van der Waals surface area contributed by atoms with Gasteiger partial charge in [0.1, 0.15) is 12.7 Å². The summed E-state index contributed by atoms with van der Waals surface area (Å²) in [6, 6.07) is 0. The van der Waals surface area contributed by atoms with Crippen molar-refractivity contribution in [3.8, 4) is 0 Å². The van der Waals surface area contributed by atoms with Crippen molar-refractivity contribution >= 4 is 23.7 Å². The summed E-state index contributed by atoms with van der Waals surface area (Å²) in [5.41, 5.74) is -2.71. The van der Waals surface area contributed by atoms with Gasteiger partial charge in [0.05, 0.1) is 12.2 Å². The van der Waals surface area contributed by atoms with Crippen LogP contribution in [0.15, 0.2) is 23.3 Å². The standard InChI is InChI=1S/C48H78O9/c1-7-9-11-13-15-16-17-18-19-20-22-24-26-28-42(52)56-45-35(4)47(54)39-29-34(3)43(53)38(39)30-37(32-55-41(51)27-25-23-21-14-12-10-8-2)31-40(47)44-46(6,33-49)48(44,45)57-36(5)50/h29,31,35,38-40,44-45,49,54H,7-28,30,32-33H2,1-6H3. The van der Waals surface area contributed by atoms with Crippen LogP contribution in [0.25, 0.3) is 0 Å². The molecule has 0 aliphatic heterocycles. The Morgan fingerprint density at radius 2 is 1.25 bits per heavy atom. The zero-order valence-corrected chi connectivity index (χ0v) is 36.5. The lowest BCUT2D eigenvalue weighted by molar-refractivity contribution is -0.220. The van der Waals surface area contributed by atoms with Crippen LogP contribution >= 0.6 is 0 Å². The number of carbonyl (C=O) groups is 4. The first-order chi connectivity index (χ1) is 27.3. The van der Waals surface area contributed by atoms with Crippen LogP contribution < -0.4 is 0 Å². The van der Waals surface area contributed by atoms with Gasteiger partial charge in [-0.2, -0.15) is 0 Å². The first kappa shape index (κ1) is 47.2. The molecule has 4 aliphatic rings. The molecule has 0 heterocycles. The van der Waals surface area contributed by atoms with Gasteiger partial charge in [0, 0.05) is 54.8 Å². The van der Waals surface area contributed by atoms with Gasteiger partial charge in [0.15, 0.2) is 11.4 Å². The van der Waals surface area contributed by atoms with Gasteiger partial charge < -0.3 is 24.4 Å². The van der Waals surface area contributed by atoms with E-state index in [1.54, 1.807) is 6.92 Å². The Bertz CT molecular complexity index is 1400. The molecule has 0 aromatic heterocycles. The first-order valence-corrected chi connectivity index (χ1v) is 23.1. The van der Waals surface area contributed by atoms with Gasteiger partial charge in [-0.25, -0.2) is 0 Å². The van der Waals surface area contributed by atoms with E-state index >= 15 is 0 Å². The van der Waals surface area contributed by atoms with E-state index in [-0.39, 0.29) is 31.4 Å². The lowest BCUT2D eigenvalue weighted by Crippen LogP contribution is -2.63. The summed E-state index contributed by atoms with van der Waals surface area (Å²) >= 11 is 0. The van der Waals surface area contributed by atoms with Gasteiger partial charge in [-0.1, -0.05) is 155 Å². The zero-order chi connectivity index (χ0) is 41.6. The van der Waals surface area contributed by atoms with E-state index in [0.717, 1.165) is 44.1 Å². The highest BCUT2D eigenvalue weighted by molar-refractivity contribution is 6.00. The van der Waals surface area contributed by atoms with Crippen LogP contribution in [-0.4, -0.2) is 64.4 Å². The molecular weight excluding hydrogens is 721 g/mol. The second-order valence-corrected chi connectivity index (χ2v) is 18.5. The summed E-state index contributed by atoms with van der Waals surface area (Å²) in [6.07, 6.45) is 26.7. The molecule has 0 saturated heterocycles. The summed E-state index contributed by atoms with van der Waals surface area (Å²) in [5.74, 6) is -4.58. The molecule has 4 rings (SSSR count). The molecule has 0 aromatic rings. The molecule has 2 saturated carbocycles. The van der Waals surface area contributed by atoms with E-state index in [2.05, 4.69) is 13.8 Å². The Morgan fingerprint density at radius 3 is 1.74 bits per heavy atom. The van der Waals surface area contributed by atoms with Crippen LogP contribution in [0.5, 0.6) is 0 Å². The Labute approximate surface area is 344 Å². The predicted molar refractivity (Wildman–Crippen MR) is 223 cm³/mol. The zero-order valence-electron chi connectivity index (χ0n) is 36.5. The number of ketones is 1. The van der Waals surface area contributed by atoms with Gasteiger partial charge in [0.25, 0.3) is 0 Å². The average Bonchev–Trinajstić information content (AvgIpc) is 3.63. The second-order valence-electron chi connectivity index (χ2n) is 18.5. The van der Waals surface area contributed by atoms with Crippen molar-refractivity contribution in [2.45, 2.75) is 207 Å². The van der Waals surface area contributed by atoms with E-state index in [1.807, 2.05) is 26.0 Å². The van der Waals surface area contributed by atoms with E-state index < -0.39 is 64.2 Å². The number of unbranched alkanes of at least 4 members (excludes halogenated alkanes) is 18. The number of ether oxygens (including phenoxy) is 3. The molecule has 2 fully saturated rings. The lowest BCUT2D eigenvalue weighted by Gasteiger charge is -2.52. The van der Waals surface area contributed by atoms with Crippen LogP contribution in [0.4, 0.5) is 0 Å². The fourth-order valence-electron chi connectivity index (χ4n) is 11.0. The SMILES string of the molecule is CCCCCCCCCCCCCCCC(=O)OC1C(C)C2(O)C3C=C(C)C(=O)C3CC(COC(=O)CCCCCCCCC)=CC2C2C(C)(CO)C12OC(C)=O. The molecule has 0 radical (unpaired) electrons. The number of Topliss-reactive ketones (excluding diaryl/α,β-unsaturated/α-hetero) is 1. The number of hydrogen-bond donors (Lipinski definition) is 2. The molecule has 57 heavy (non-hydrogen) atoms. The minimum Gasteiger partial charge on any atom is -0.461 e. The van der Waals surface area contributed by atoms with Crippen LogP contribution in [0.3, 0.4) is 0 Å². The molecule has 9 atom stereocenters. The minimum atomic E-state index is -1.58. The summed E-state index contributed by atoms with van der Waals surface area (Å²) in [4.78, 5) is 53.1. The summed E-state index contributed by atoms with van der Waals surface area (Å²) in [6.45, 7) is 10.8. The molecule has 2 N–H and O–H groups in total. The third-order valence-corrected chi connectivity index (χ3v) is 14.3. The monoisotopic (exact) mass is 799 g/mol. The maximum atomic E-state index is 13.7. The molecule has 0 spiro atoms. The van der Waals surface area contributed by atoms with E-state index in [1.165, 1.54) is 90.4 Å². The Balaban J connectivity index is 1.45. The highest BCUT2D eigenvalue weighted by Crippen LogP contribution is 2.77. The number of aliphatic hydroxyl groups excluding tert-OH is 1. The third-order valence-electron chi connectivity index (χ3n) is 14.3. The number of aliphatic hydroxyl groups is 2. The van der Waals surface area contributed by atoms with Crippen molar-refractivity contribution in [1.29, 1.82) is 0 Å². The van der Waals surface area contributed by atoms with Gasteiger partial charge in [-0.05, 0) is 37.3 Å². The van der Waals surface area contributed by atoms with Gasteiger partial charge in [-0.3, -0.25) is 19.2 Å². The number of rotatable bonds is 27. The number of esters is 3. The fourth-order valence-corrected chi connectivity index (χ4v) is 11.0. The van der Waals surface area contributed by atoms with E-state index in [4.69, 9.17) is 14.2 Å². The van der Waals surface area contributed by atoms with Crippen LogP contribution in [0, 0.1) is 35.0 Å². The Hall–Kier alpha value is -2.52. The van der Waals surface area contributed by atoms with Crippen molar-refractivity contribution < 1.29 is 43.6 Å². The largest absolute Gasteiger partial charge is 0.461 e. The second kappa shape index (κ2) is 22.2. The maximum absolute atomic E-state index is 13.7. The highest BCUT2D eigenvalue weighted by Gasteiger charge is 2.88. The van der Waals surface area contributed by atoms with Crippen molar-refractivity contribution in [3.05, 3.63) is 23.3 Å². The molecule has 0 aromatic carbocycles. The number of allylic oxidation sites excluding steroid dienone is 1. The average molecular weight is 799 g/mol. The molecule has 9 nitrogen and oxygen atoms in total. The molecule has 324 valence electrons. The van der Waals surface area contributed by atoms with Gasteiger partial charge in [0.2, 0.25) is 0 Å². The lowest BCUT2D eigenvalue weighted by atomic mass is 9.60. The smallest absolute Gasteiger partial charge is 0.306 e. The third kappa shape index (κ3) is 11.0. The molecule has 9 unspecified atom stereocenters. The number of hydrogen-bond acceptors (Lipinski definition) is 9.